The molecule has 4 heteroatoms. The molecule has 0 atom stereocenters. The normalized spacial score (nSPS) is 12.2. The fourth-order valence-electron chi connectivity index (χ4n) is 4.40. The number of nitrogens with zero attached hydrogens (tertiary/aromatic N) is 3. The van der Waals surface area contributed by atoms with E-state index >= 15 is 0 Å². The molecule has 0 aliphatic carbocycles. The molecule has 0 spiro atoms. The number of rotatable bonds is 4. The lowest BCUT2D eigenvalue weighted by Gasteiger charge is -2.22. The maximum absolute atomic E-state index is 6.16. The van der Waals surface area contributed by atoms with Crippen LogP contribution in [0.3, 0.4) is 0 Å². The molecule has 3 heterocycles. The quantitative estimate of drug-likeness (QED) is 0.292. The fourth-order valence-corrected chi connectivity index (χ4v) is 4.40. The van der Waals surface area contributed by atoms with Crippen LogP contribution in [0.2, 0.25) is 0 Å². The van der Waals surface area contributed by atoms with Crippen molar-refractivity contribution in [2.24, 2.45) is 5.92 Å². The van der Waals surface area contributed by atoms with Gasteiger partial charge in [-0.25, -0.2) is 9.97 Å². The van der Waals surface area contributed by atoms with Gasteiger partial charge in [0.1, 0.15) is 17.5 Å². The molecule has 5 rings (SSSR count). The Kier molecular flexibility index (Phi) is 5.24. The average Bonchev–Trinajstić information content (AvgIpc) is 3.21. The van der Waals surface area contributed by atoms with Gasteiger partial charge in [0.15, 0.2) is 11.3 Å². The van der Waals surface area contributed by atoms with Crippen molar-refractivity contribution < 1.29 is 4.42 Å². The van der Waals surface area contributed by atoms with Crippen LogP contribution in [0.15, 0.2) is 71.5 Å². The lowest BCUT2D eigenvalue weighted by molar-refractivity contribution is 0.596. The Balaban J connectivity index is 1.58. The highest BCUT2D eigenvalue weighted by Crippen LogP contribution is 2.35. The molecule has 0 amide bonds. The number of aromatic nitrogens is 3. The first-order valence-electron chi connectivity index (χ1n) is 11.5. The van der Waals surface area contributed by atoms with Gasteiger partial charge >= 0.3 is 0 Å². The summed E-state index contributed by atoms with van der Waals surface area (Å²) in [6.45, 7) is 11.2. The molecule has 0 saturated heterocycles. The van der Waals surface area contributed by atoms with E-state index < -0.39 is 0 Å². The minimum Gasteiger partial charge on any atom is -0.453 e. The smallest absolute Gasteiger partial charge is 0.155 e. The Bertz CT molecular complexity index is 1460. The number of hydrogen-bond acceptors (Lipinski definition) is 4. The van der Waals surface area contributed by atoms with Crippen molar-refractivity contribution >= 4 is 21.9 Å². The van der Waals surface area contributed by atoms with Crippen LogP contribution >= 0.6 is 0 Å². The van der Waals surface area contributed by atoms with Gasteiger partial charge in [0.2, 0.25) is 0 Å². The molecule has 0 radical (unpaired) electrons. The summed E-state index contributed by atoms with van der Waals surface area (Å²) < 4.78 is 6.16. The van der Waals surface area contributed by atoms with Gasteiger partial charge in [0.05, 0.1) is 5.69 Å². The minimum absolute atomic E-state index is 0.0174. The summed E-state index contributed by atoms with van der Waals surface area (Å²) in [5, 5.41) is 2.49. The van der Waals surface area contributed by atoms with Gasteiger partial charge in [-0.15, -0.1) is 0 Å². The minimum atomic E-state index is 0.0174. The number of fused-ring (bicyclic) bond motifs is 2. The Morgan fingerprint density at radius 1 is 0.879 bits per heavy atom. The van der Waals surface area contributed by atoms with E-state index in [1.165, 1.54) is 21.9 Å². The van der Waals surface area contributed by atoms with Crippen molar-refractivity contribution in [2.45, 2.75) is 46.5 Å². The number of benzene rings is 2. The number of hydrogen-bond donors (Lipinski definition) is 0. The average molecular weight is 436 g/mol. The van der Waals surface area contributed by atoms with Crippen molar-refractivity contribution in [2.75, 3.05) is 0 Å². The first-order valence-corrected chi connectivity index (χ1v) is 11.5. The third-order valence-corrected chi connectivity index (χ3v) is 5.96. The van der Waals surface area contributed by atoms with E-state index in [2.05, 4.69) is 92.0 Å². The molecular formula is C29H29N3O. The fraction of sp³-hybridized carbons (Fsp3) is 0.276. The predicted octanol–water partition coefficient (Wildman–Crippen LogP) is 7.60. The van der Waals surface area contributed by atoms with Crippen LogP contribution in [0, 0.1) is 5.92 Å². The van der Waals surface area contributed by atoms with E-state index in [0.29, 0.717) is 11.7 Å². The Morgan fingerprint density at radius 3 is 2.45 bits per heavy atom. The Hall–Kier alpha value is -3.53. The first-order chi connectivity index (χ1) is 15.8. The zero-order valence-corrected chi connectivity index (χ0v) is 19.9. The van der Waals surface area contributed by atoms with E-state index in [4.69, 9.17) is 4.42 Å². The lowest BCUT2D eigenvalue weighted by Crippen LogP contribution is -2.12. The molecule has 0 fully saturated rings. The molecule has 5 aromatic rings. The van der Waals surface area contributed by atoms with Crippen molar-refractivity contribution in [3.8, 4) is 22.7 Å². The van der Waals surface area contributed by atoms with Gasteiger partial charge in [0.25, 0.3) is 0 Å². The molecule has 33 heavy (non-hydrogen) atoms. The van der Waals surface area contributed by atoms with Crippen molar-refractivity contribution in [3.05, 3.63) is 78.2 Å². The highest BCUT2D eigenvalue weighted by atomic mass is 16.3. The lowest BCUT2D eigenvalue weighted by atomic mass is 9.82. The van der Waals surface area contributed by atoms with Crippen molar-refractivity contribution in [1.82, 2.24) is 15.0 Å². The second kappa shape index (κ2) is 8.11. The molecule has 0 unspecified atom stereocenters. The molecule has 166 valence electrons. The number of furan rings is 1. The van der Waals surface area contributed by atoms with Crippen LogP contribution in [0.4, 0.5) is 0 Å². The van der Waals surface area contributed by atoms with E-state index in [-0.39, 0.29) is 5.41 Å². The van der Waals surface area contributed by atoms with E-state index in [0.717, 1.165) is 34.5 Å². The summed E-state index contributed by atoms with van der Waals surface area (Å²) in [4.78, 5) is 13.7. The Morgan fingerprint density at radius 2 is 1.67 bits per heavy atom. The monoisotopic (exact) mass is 435 g/mol. The molecule has 0 aliphatic rings. The second-order valence-corrected chi connectivity index (χ2v) is 10.2. The second-order valence-electron chi connectivity index (χ2n) is 10.2. The van der Waals surface area contributed by atoms with E-state index in [1.807, 2.05) is 18.3 Å². The SMILES string of the molecule is CC(C)Cc1cnc2cc(-c3cc(-c4cc(C(C)(C)C)c5ccccc5c4)ncn3)oc2c1. The molecule has 0 bridgehead atoms. The topological polar surface area (TPSA) is 51.8 Å². The first kappa shape index (κ1) is 21.3. The zero-order valence-electron chi connectivity index (χ0n) is 19.9. The summed E-state index contributed by atoms with van der Waals surface area (Å²) in [7, 11) is 0. The van der Waals surface area contributed by atoms with Crippen molar-refractivity contribution in [3.63, 3.8) is 0 Å². The molecule has 0 aliphatic heterocycles. The maximum Gasteiger partial charge on any atom is 0.155 e. The van der Waals surface area contributed by atoms with Gasteiger partial charge in [-0.3, -0.25) is 4.98 Å². The summed E-state index contributed by atoms with van der Waals surface area (Å²) in [6.07, 6.45) is 4.53. The molecule has 0 saturated carbocycles. The molecule has 3 aromatic heterocycles. The highest BCUT2D eigenvalue weighted by Gasteiger charge is 2.19. The highest BCUT2D eigenvalue weighted by molar-refractivity contribution is 5.91. The van der Waals surface area contributed by atoms with Crippen molar-refractivity contribution in [1.29, 1.82) is 0 Å². The van der Waals surface area contributed by atoms with Crippen LogP contribution < -0.4 is 0 Å². The maximum atomic E-state index is 6.16. The van der Waals surface area contributed by atoms with E-state index in [1.54, 1.807) is 6.33 Å². The predicted molar refractivity (Wildman–Crippen MR) is 135 cm³/mol. The van der Waals surface area contributed by atoms with Gasteiger partial charge in [-0.05, 0) is 63.9 Å². The third-order valence-electron chi connectivity index (χ3n) is 5.96. The Labute approximate surface area is 194 Å². The van der Waals surface area contributed by atoms with Crippen LogP contribution in [0.25, 0.3) is 44.6 Å². The summed E-state index contributed by atoms with van der Waals surface area (Å²) in [6, 6.07) is 19.1. The molecular weight excluding hydrogens is 406 g/mol. The van der Waals surface area contributed by atoms with Gasteiger partial charge in [-0.2, -0.15) is 0 Å². The van der Waals surface area contributed by atoms with Crippen LogP contribution in [-0.4, -0.2) is 15.0 Å². The van der Waals surface area contributed by atoms with Gasteiger partial charge < -0.3 is 4.42 Å². The van der Waals surface area contributed by atoms with Crippen LogP contribution in [0.5, 0.6) is 0 Å². The molecule has 2 aromatic carbocycles. The largest absolute Gasteiger partial charge is 0.453 e. The van der Waals surface area contributed by atoms with Crippen LogP contribution in [0.1, 0.15) is 45.7 Å². The number of pyridine rings is 1. The van der Waals surface area contributed by atoms with E-state index in [9.17, 15) is 0 Å². The zero-order chi connectivity index (χ0) is 23.2. The van der Waals surface area contributed by atoms with Crippen LogP contribution in [-0.2, 0) is 11.8 Å². The summed E-state index contributed by atoms with van der Waals surface area (Å²) in [5.74, 6) is 1.28. The summed E-state index contributed by atoms with van der Waals surface area (Å²) in [5.41, 5.74) is 6.87. The molecule has 4 nitrogen and oxygen atoms in total. The van der Waals surface area contributed by atoms with Gasteiger partial charge in [0, 0.05) is 17.8 Å². The van der Waals surface area contributed by atoms with Gasteiger partial charge in [-0.1, -0.05) is 58.9 Å². The third kappa shape index (κ3) is 4.25. The molecule has 0 N–H and O–H groups in total. The standard InChI is InChI=1S/C29H29N3O/c1-18(2)10-19-11-27-26(30-16-19)15-28(33-27)25-14-24(31-17-32-25)21-12-20-8-6-7-9-22(20)23(13-21)29(3,4)5/h6-9,11-18H,10H2,1-5H3. The summed E-state index contributed by atoms with van der Waals surface area (Å²) >= 11 is 0.